The van der Waals surface area contributed by atoms with Crippen LogP contribution in [0.2, 0.25) is 0 Å². The fraction of sp³-hybridized carbons (Fsp3) is 0.857. The highest BCUT2D eigenvalue weighted by Crippen LogP contribution is 2.17. The van der Waals surface area contributed by atoms with Gasteiger partial charge < -0.3 is 10.1 Å². The molecule has 20 heavy (non-hydrogen) atoms. The molecule has 0 aromatic heterocycles. The largest absolute Gasteiger partial charge is 0.373 e. The number of ether oxygens (including phenoxy) is 1. The van der Waals surface area contributed by atoms with Crippen LogP contribution < -0.4 is 10.6 Å². The van der Waals surface area contributed by atoms with Crippen molar-refractivity contribution in [3.05, 3.63) is 0 Å². The third kappa shape index (κ3) is 4.76. The topological polar surface area (TPSA) is 70.7 Å². The van der Waals surface area contributed by atoms with Crippen LogP contribution in [-0.2, 0) is 9.53 Å². The standard InChI is InChI=1S/C14H25N3O3/c1-10-7-17(8-11(2)20-10)9-13(18)16-14(19)15-12-5-3-4-6-12/h10-12H,3-9H2,1-2H3,(H2,15,16,18,19)/t10-,11-/m0/s1. The highest BCUT2D eigenvalue weighted by Gasteiger charge is 2.24. The van der Waals surface area contributed by atoms with E-state index in [1.54, 1.807) is 0 Å². The molecule has 0 bridgehead atoms. The average molecular weight is 283 g/mol. The van der Waals surface area contributed by atoms with Crippen molar-refractivity contribution in [2.45, 2.75) is 57.8 Å². The summed E-state index contributed by atoms with van der Waals surface area (Å²) in [5.41, 5.74) is 0. The summed E-state index contributed by atoms with van der Waals surface area (Å²) in [6, 6.07) is -0.137. The van der Waals surface area contributed by atoms with Crippen LogP contribution >= 0.6 is 0 Å². The summed E-state index contributed by atoms with van der Waals surface area (Å²) in [5, 5.41) is 5.26. The molecule has 1 saturated carbocycles. The smallest absolute Gasteiger partial charge is 0.321 e. The Bertz CT molecular complexity index is 346. The third-order valence-corrected chi connectivity index (χ3v) is 3.81. The molecule has 1 saturated heterocycles. The van der Waals surface area contributed by atoms with Gasteiger partial charge >= 0.3 is 6.03 Å². The van der Waals surface area contributed by atoms with Gasteiger partial charge in [-0.05, 0) is 26.7 Å². The Morgan fingerprint density at radius 3 is 2.35 bits per heavy atom. The molecular weight excluding hydrogens is 258 g/mol. The molecule has 6 heteroatoms. The van der Waals surface area contributed by atoms with Gasteiger partial charge in [-0.1, -0.05) is 12.8 Å². The Labute approximate surface area is 120 Å². The molecule has 0 spiro atoms. The zero-order chi connectivity index (χ0) is 14.5. The fourth-order valence-electron chi connectivity index (χ4n) is 3.07. The molecule has 3 amide bonds. The predicted molar refractivity (Wildman–Crippen MR) is 75.4 cm³/mol. The lowest BCUT2D eigenvalue weighted by Gasteiger charge is -2.34. The molecule has 0 unspecified atom stereocenters. The lowest BCUT2D eigenvalue weighted by atomic mass is 10.2. The number of imide groups is 1. The van der Waals surface area contributed by atoms with Crippen molar-refractivity contribution in [3.63, 3.8) is 0 Å². The lowest BCUT2D eigenvalue weighted by molar-refractivity contribution is -0.124. The number of morpholine rings is 1. The predicted octanol–water partition coefficient (Wildman–Crippen LogP) is 0.864. The summed E-state index contributed by atoms with van der Waals surface area (Å²) in [7, 11) is 0. The molecule has 2 rings (SSSR count). The Balaban J connectivity index is 1.70. The van der Waals surface area contributed by atoms with Gasteiger partial charge in [-0.2, -0.15) is 0 Å². The Hall–Kier alpha value is -1.14. The normalized spacial score (nSPS) is 28.3. The van der Waals surface area contributed by atoms with E-state index in [9.17, 15) is 9.59 Å². The minimum absolute atomic E-state index is 0.124. The van der Waals surface area contributed by atoms with Crippen LogP contribution in [0.5, 0.6) is 0 Å². The van der Waals surface area contributed by atoms with Gasteiger partial charge in [0.1, 0.15) is 0 Å². The number of nitrogens with one attached hydrogen (secondary N) is 2. The molecule has 114 valence electrons. The zero-order valence-electron chi connectivity index (χ0n) is 12.4. The highest BCUT2D eigenvalue weighted by molar-refractivity contribution is 5.95. The molecule has 2 N–H and O–H groups in total. The van der Waals surface area contributed by atoms with Crippen LogP contribution in [0.25, 0.3) is 0 Å². The maximum Gasteiger partial charge on any atom is 0.321 e. The molecule has 2 aliphatic rings. The van der Waals surface area contributed by atoms with Crippen LogP contribution in [0.15, 0.2) is 0 Å². The maximum absolute atomic E-state index is 11.9. The summed E-state index contributed by atoms with van der Waals surface area (Å²) in [4.78, 5) is 25.6. The summed E-state index contributed by atoms with van der Waals surface area (Å²) in [5.74, 6) is -0.248. The molecule has 0 aromatic rings. The number of rotatable bonds is 3. The van der Waals surface area contributed by atoms with Gasteiger partial charge in [0.25, 0.3) is 0 Å². The number of amides is 3. The van der Waals surface area contributed by atoms with Gasteiger partial charge in [-0.3, -0.25) is 15.0 Å². The fourth-order valence-corrected chi connectivity index (χ4v) is 3.07. The van der Waals surface area contributed by atoms with Crippen molar-refractivity contribution < 1.29 is 14.3 Å². The minimum Gasteiger partial charge on any atom is -0.373 e. The minimum atomic E-state index is -0.365. The van der Waals surface area contributed by atoms with E-state index in [1.807, 2.05) is 18.7 Å². The van der Waals surface area contributed by atoms with Crippen molar-refractivity contribution in [2.75, 3.05) is 19.6 Å². The average Bonchev–Trinajstić information content (AvgIpc) is 2.79. The first-order chi connectivity index (χ1) is 9.52. The Morgan fingerprint density at radius 1 is 1.15 bits per heavy atom. The van der Waals surface area contributed by atoms with Crippen molar-refractivity contribution in [1.82, 2.24) is 15.5 Å². The van der Waals surface area contributed by atoms with E-state index < -0.39 is 0 Å². The first-order valence-electron chi connectivity index (χ1n) is 7.51. The van der Waals surface area contributed by atoms with Gasteiger partial charge in [0.15, 0.2) is 0 Å². The van der Waals surface area contributed by atoms with Crippen LogP contribution in [0.1, 0.15) is 39.5 Å². The van der Waals surface area contributed by atoms with E-state index in [0.29, 0.717) is 0 Å². The van der Waals surface area contributed by atoms with Crippen molar-refractivity contribution in [3.8, 4) is 0 Å². The molecule has 2 atom stereocenters. The molecule has 1 aliphatic carbocycles. The SMILES string of the molecule is C[C@H]1CN(CC(=O)NC(=O)NC2CCCC2)C[C@H](C)O1. The van der Waals surface area contributed by atoms with Crippen LogP contribution in [0, 0.1) is 0 Å². The second-order valence-corrected chi connectivity index (χ2v) is 5.95. The van der Waals surface area contributed by atoms with E-state index in [1.165, 1.54) is 0 Å². The second kappa shape index (κ2) is 7.04. The summed E-state index contributed by atoms with van der Waals surface area (Å²) in [6.45, 7) is 5.68. The first-order valence-corrected chi connectivity index (χ1v) is 7.51. The van der Waals surface area contributed by atoms with Crippen molar-refractivity contribution in [2.24, 2.45) is 0 Å². The molecule has 0 radical (unpaired) electrons. The van der Waals surface area contributed by atoms with Crippen LogP contribution in [-0.4, -0.2) is 54.7 Å². The number of hydrogen-bond acceptors (Lipinski definition) is 4. The van der Waals surface area contributed by atoms with Crippen LogP contribution in [0.4, 0.5) is 4.79 Å². The number of nitrogens with zero attached hydrogens (tertiary/aromatic N) is 1. The molecule has 1 aliphatic heterocycles. The first kappa shape index (κ1) is 15.3. The van der Waals surface area contributed by atoms with Gasteiger partial charge in [-0.25, -0.2) is 4.79 Å². The second-order valence-electron chi connectivity index (χ2n) is 5.95. The van der Waals surface area contributed by atoms with E-state index in [-0.39, 0.29) is 36.7 Å². The third-order valence-electron chi connectivity index (χ3n) is 3.81. The van der Waals surface area contributed by atoms with Crippen molar-refractivity contribution >= 4 is 11.9 Å². The van der Waals surface area contributed by atoms with E-state index >= 15 is 0 Å². The number of carbonyl (C=O) groups is 2. The quantitative estimate of drug-likeness (QED) is 0.806. The Morgan fingerprint density at radius 2 is 1.75 bits per heavy atom. The lowest BCUT2D eigenvalue weighted by Crippen LogP contribution is -2.51. The molecule has 6 nitrogen and oxygen atoms in total. The molecule has 1 heterocycles. The molecule has 2 fully saturated rings. The van der Waals surface area contributed by atoms with Gasteiger partial charge in [0.05, 0.1) is 18.8 Å². The van der Waals surface area contributed by atoms with E-state index in [2.05, 4.69) is 10.6 Å². The number of hydrogen-bond donors (Lipinski definition) is 2. The summed E-state index contributed by atoms with van der Waals surface area (Å²) in [6.07, 6.45) is 4.59. The summed E-state index contributed by atoms with van der Waals surface area (Å²) < 4.78 is 5.62. The number of urea groups is 1. The monoisotopic (exact) mass is 283 g/mol. The van der Waals surface area contributed by atoms with E-state index in [4.69, 9.17) is 4.74 Å². The molecular formula is C14H25N3O3. The van der Waals surface area contributed by atoms with Crippen LogP contribution in [0.3, 0.4) is 0 Å². The van der Waals surface area contributed by atoms with E-state index in [0.717, 1.165) is 38.8 Å². The van der Waals surface area contributed by atoms with Gasteiger partial charge in [0.2, 0.25) is 5.91 Å². The Kier molecular flexibility index (Phi) is 5.37. The zero-order valence-corrected chi connectivity index (χ0v) is 12.4. The number of carbonyl (C=O) groups excluding carboxylic acids is 2. The summed E-state index contributed by atoms with van der Waals surface area (Å²) >= 11 is 0. The van der Waals surface area contributed by atoms with Gasteiger partial charge in [0, 0.05) is 19.1 Å². The maximum atomic E-state index is 11.9. The molecule has 0 aromatic carbocycles. The van der Waals surface area contributed by atoms with Gasteiger partial charge in [-0.15, -0.1) is 0 Å². The highest BCUT2D eigenvalue weighted by atomic mass is 16.5. The van der Waals surface area contributed by atoms with Crippen molar-refractivity contribution in [1.29, 1.82) is 0 Å².